The largest absolute Gasteiger partial charge is 0.490 e. The molecule has 0 radical (unpaired) electrons. The van der Waals surface area contributed by atoms with E-state index in [-0.39, 0.29) is 5.91 Å². The lowest BCUT2D eigenvalue weighted by molar-refractivity contribution is -0.122. The van der Waals surface area contributed by atoms with Crippen molar-refractivity contribution < 1.29 is 14.3 Å². The topological polar surface area (TPSA) is 38.8 Å². The summed E-state index contributed by atoms with van der Waals surface area (Å²) in [7, 11) is 0. The third-order valence-electron chi connectivity index (χ3n) is 5.33. The average Bonchev–Trinajstić information content (AvgIpc) is 3.09. The Labute approximate surface area is 244 Å². The Balaban J connectivity index is 1.54. The van der Waals surface area contributed by atoms with E-state index in [2.05, 4.69) is 22.6 Å². The zero-order chi connectivity index (χ0) is 25.8. The SMILES string of the molecule is CCOc1cc(/C=C2\SC(=S)N(Cc3ccc(C)cc3)C2=O)cc(I)c1OCc1ccc(Cl)c(Cl)c1. The van der Waals surface area contributed by atoms with Gasteiger partial charge in [0.05, 0.1) is 31.7 Å². The van der Waals surface area contributed by atoms with Crippen LogP contribution in [0.15, 0.2) is 59.5 Å². The number of aryl methyl sites for hydroxylation is 1. The molecule has 186 valence electrons. The van der Waals surface area contributed by atoms with E-state index < -0.39 is 0 Å². The van der Waals surface area contributed by atoms with Gasteiger partial charge in [-0.05, 0) is 83.5 Å². The van der Waals surface area contributed by atoms with Crippen molar-refractivity contribution in [1.82, 2.24) is 4.90 Å². The lowest BCUT2D eigenvalue weighted by Gasteiger charge is -2.15. The maximum Gasteiger partial charge on any atom is 0.266 e. The Morgan fingerprint density at radius 1 is 1.03 bits per heavy atom. The molecule has 4 nitrogen and oxygen atoms in total. The zero-order valence-corrected chi connectivity index (χ0v) is 24.8. The molecule has 3 aromatic carbocycles. The van der Waals surface area contributed by atoms with E-state index in [9.17, 15) is 4.79 Å². The molecule has 36 heavy (non-hydrogen) atoms. The first-order chi connectivity index (χ1) is 17.2. The molecule has 1 amide bonds. The van der Waals surface area contributed by atoms with Gasteiger partial charge in [0.15, 0.2) is 11.5 Å². The summed E-state index contributed by atoms with van der Waals surface area (Å²) in [6.07, 6.45) is 1.85. The lowest BCUT2D eigenvalue weighted by atomic mass is 10.1. The van der Waals surface area contributed by atoms with Crippen LogP contribution in [0.2, 0.25) is 10.0 Å². The number of halogens is 3. The molecule has 1 aliphatic heterocycles. The summed E-state index contributed by atoms with van der Waals surface area (Å²) in [4.78, 5) is 15.4. The molecule has 0 spiro atoms. The molecule has 3 aromatic rings. The minimum absolute atomic E-state index is 0.0986. The van der Waals surface area contributed by atoms with Crippen LogP contribution in [0.1, 0.15) is 29.2 Å². The van der Waals surface area contributed by atoms with Crippen LogP contribution < -0.4 is 9.47 Å². The fourth-order valence-corrected chi connectivity index (χ4v) is 5.88. The monoisotopic (exact) mass is 669 g/mol. The summed E-state index contributed by atoms with van der Waals surface area (Å²) >= 11 is 21.2. The smallest absolute Gasteiger partial charge is 0.266 e. The number of hydrogen-bond acceptors (Lipinski definition) is 5. The molecule has 1 fully saturated rings. The fraction of sp³-hybridized carbons (Fsp3) is 0.185. The first-order valence-corrected chi connectivity index (χ1v) is 14.1. The third-order valence-corrected chi connectivity index (χ3v) is 8.25. The van der Waals surface area contributed by atoms with Gasteiger partial charge in [0, 0.05) is 0 Å². The molecule has 1 saturated heterocycles. The second kappa shape index (κ2) is 12.2. The average molecular weight is 670 g/mol. The highest BCUT2D eigenvalue weighted by Gasteiger charge is 2.32. The van der Waals surface area contributed by atoms with E-state index >= 15 is 0 Å². The van der Waals surface area contributed by atoms with Gasteiger partial charge in [-0.3, -0.25) is 9.69 Å². The van der Waals surface area contributed by atoms with Crippen molar-refractivity contribution in [3.05, 3.63) is 95.4 Å². The number of thioether (sulfide) groups is 1. The molecule has 1 heterocycles. The molecule has 0 bridgehead atoms. The van der Waals surface area contributed by atoms with Crippen LogP contribution in [0.4, 0.5) is 0 Å². The number of benzene rings is 3. The first kappa shape index (κ1) is 27.3. The van der Waals surface area contributed by atoms with Crippen molar-refractivity contribution in [1.29, 1.82) is 0 Å². The van der Waals surface area contributed by atoms with E-state index in [1.807, 2.05) is 62.4 Å². The third kappa shape index (κ3) is 6.55. The maximum atomic E-state index is 13.1. The Hall–Kier alpha value is -1.78. The summed E-state index contributed by atoms with van der Waals surface area (Å²) < 4.78 is 13.4. The highest BCUT2D eigenvalue weighted by molar-refractivity contribution is 14.1. The molecule has 0 N–H and O–H groups in total. The second-order valence-electron chi connectivity index (χ2n) is 8.05. The number of thiocarbonyl (C=S) groups is 1. The zero-order valence-electron chi connectivity index (χ0n) is 19.5. The Kier molecular flexibility index (Phi) is 9.22. The summed E-state index contributed by atoms with van der Waals surface area (Å²) in [6.45, 7) is 5.18. The van der Waals surface area contributed by atoms with Gasteiger partial charge in [-0.15, -0.1) is 0 Å². The van der Waals surface area contributed by atoms with Gasteiger partial charge in [0.1, 0.15) is 10.9 Å². The molecule has 0 saturated carbocycles. The van der Waals surface area contributed by atoms with Crippen LogP contribution in [0.3, 0.4) is 0 Å². The predicted octanol–water partition coefficient (Wildman–Crippen LogP) is 8.29. The van der Waals surface area contributed by atoms with Gasteiger partial charge in [0.2, 0.25) is 0 Å². The number of carbonyl (C=O) groups excluding carboxylic acids is 1. The number of carbonyl (C=O) groups is 1. The highest BCUT2D eigenvalue weighted by atomic mass is 127. The van der Waals surface area contributed by atoms with Gasteiger partial charge >= 0.3 is 0 Å². The maximum absolute atomic E-state index is 13.1. The molecule has 0 unspecified atom stereocenters. The van der Waals surface area contributed by atoms with Gasteiger partial charge < -0.3 is 9.47 Å². The van der Waals surface area contributed by atoms with Gasteiger partial charge in [0.25, 0.3) is 5.91 Å². The predicted molar refractivity (Wildman–Crippen MR) is 161 cm³/mol. The van der Waals surface area contributed by atoms with Crippen LogP contribution in [-0.4, -0.2) is 21.7 Å². The summed E-state index contributed by atoms with van der Waals surface area (Å²) in [5.74, 6) is 1.14. The fourth-order valence-electron chi connectivity index (χ4n) is 3.52. The molecule has 0 aliphatic carbocycles. The highest BCUT2D eigenvalue weighted by Crippen LogP contribution is 2.38. The standard InChI is InChI=1S/C27H22Cl2INO3S2/c1-3-33-23-12-19(11-22(30)25(23)34-15-18-8-9-20(28)21(29)10-18)13-24-26(32)31(27(35)36-24)14-17-6-4-16(2)5-7-17/h4-13H,3,14-15H2,1-2H3/b24-13-. The van der Waals surface area contributed by atoms with Gasteiger partial charge in [-0.2, -0.15) is 0 Å². The van der Waals surface area contributed by atoms with Crippen LogP contribution in [0.25, 0.3) is 6.08 Å². The number of hydrogen-bond donors (Lipinski definition) is 0. The van der Waals surface area contributed by atoms with Crippen molar-refractivity contribution in [2.45, 2.75) is 27.0 Å². The van der Waals surface area contributed by atoms with Crippen LogP contribution in [0.5, 0.6) is 11.5 Å². The minimum atomic E-state index is -0.0986. The van der Waals surface area contributed by atoms with Crippen molar-refractivity contribution in [2.75, 3.05) is 6.61 Å². The molecule has 1 aliphatic rings. The van der Waals surface area contributed by atoms with E-state index in [4.69, 9.17) is 44.9 Å². The second-order valence-corrected chi connectivity index (χ2v) is 11.7. The Morgan fingerprint density at radius 2 is 1.75 bits per heavy atom. The number of amides is 1. The molecule has 0 aromatic heterocycles. The van der Waals surface area contributed by atoms with Gasteiger partial charge in [-0.1, -0.05) is 83.1 Å². The lowest BCUT2D eigenvalue weighted by Crippen LogP contribution is -2.27. The van der Waals surface area contributed by atoms with E-state index in [0.29, 0.717) is 50.5 Å². The Morgan fingerprint density at radius 3 is 2.44 bits per heavy atom. The summed E-state index contributed by atoms with van der Waals surface area (Å²) in [5, 5.41) is 0.978. The van der Waals surface area contributed by atoms with Crippen LogP contribution in [0, 0.1) is 10.5 Å². The number of ether oxygens (including phenoxy) is 2. The van der Waals surface area contributed by atoms with Crippen molar-refractivity contribution >= 4 is 86.1 Å². The minimum Gasteiger partial charge on any atom is -0.490 e. The van der Waals surface area contributed by atoms with E-state index in [0.717, 1.165) is 20.3 Å². The number of nitrogens with zero attached hydrogens (tertiary/aromatic N) is 1. The molecule has 0 atom stereocenters. The van der Waals surface area contributed by atoms with Gasteiger partial charge in [-0.25, -0.2) is 0 Å². The molecular formula is C27H22Cl2INO3S2. The Bertz CT molecular complexity index is 1350. The van der Waals surface area contributed by atoms with Crippen molar-refractivity contribution in [3.8, 4) is 11.5 Å². The molecule has 9 heteroatoms. The normalized spacial score (nSPS) is 14.6. The quantitative estimate of drug-likeness (QED) is 0.137. The van der Waals surface area contributed by atoms with Crippen LogP contribution in [-0.2, 0) is 17.9 Å². The van der Waals surface area contributed by atoms with Crippen LogP contribution >= 0.6 is 69.8 Å². The molecular weight excluding hydrogens is 648 g/mol. The van der Waals surface area contributed by atoms with Crippen molar-refractivity contribution in [3.63, 3.8) is 0 Å². The summed E-state index contributed by atoms with van der Waals surface area (Å²) in [6, 6.07) is 17.3. The van der Waals surface area contributed by atoms with E-state index in [1.54, 1.807) is 17.0 Å². The summed E-state index contributed by atoms with van der Waals surface area (Å²) in [5.41, 5.74) is 3.94. The van der Waals surface area contributed by atoms with Crippen molar-refractivity contribution in [2.24, 2.45) is 0 Å². The molecule has 4 rings (SSSR count). The number of rotatable bonds is 8. The first-order valence-electron chi connectivity index (χ1n) is 11.1. The van der Waals surface area contributed by atoms with E-state index in [1.165, 1.54) is 17.3 Å².